The second kappa shape index (κ2) is 9.11. The third-order valence-corrected chi connectivity index (χ3v) is 6.81. The van der Waals surface area contributed by atoms with Gasteiger partial charge in [0.05, 0.1) is 16.8 Å². The topological polar surface area (TPSA) is 68.3 Å². The molecule has 188 valence electrons. The van der Waals surface area contributed by atoms with Crippen LogP contribution in [0.25, 0.3) is 0 Å². The van der Waals surface area contributed by atoms with Gasteiger partial charge in [-0.3, -0.25) is 4.79 Å². The van der Waals surface area contributed by atoms with Crippen LogP contribution in [0.2, 0.25) is 0 Å². The second-order valence-electron chi connectivity index (χ2n) is 11.1. The van der Waals surface area contributed by atoms with Gasteiger partial charge in [0, 0.05) is 31.6 Å². The minimum absolute atomic E-state index is 0.0824. The van der Waals surface area contributed by atoms with Crippen molar-refractivity contribution < 1.29 is 32.4 Å². The molecule has 0 bridgehead atoms. The van der Waals surface area contributed by atoms with E-state index in [1.807, 2.05) is 27.7 Å². The third-order valence-electron chi connectivity index (χ3n) is 6.81. The number of ether oxygens (including phenoxy) is 1. The molecule has 2 aliphatic heterocycles. The van der Waals surface area contributed by atoms with Crippen molar-refractivity contribution in [3.8, 4) is 0 Å². The Labute approximate surface area is 200 Å². The molecule has 0 N–H and O–H groups in total. The monoisotopic (exact) mass is 480 g/mol. The van der Waals surface area contributed by atoms with Crippen LogP contribution in [-0.2, 0) is 14.0 Å². The molecular weight excluding hydrogens is 445 g/mol. The Kier molecular flexibility index (Phi) is 7.08. The van der Waals surface area contributed by atoms with E-state index in [1.165, 1.54) is 4.90 Å². The lowest BCUT2D eigenvalue weighted by Crippen LogP contribution is -2.48. The van der Waals surface area contributed by atoms with Crippen LogP contribution in [0.4, 0.5) is 13.6 Å². The summed E-state index contributed by atoms with van der Waals surface area (Å²) in [6, 6.07) is 1.67. The quantitative estimate of drug-likeness (QED) is 0.617. The van der Waals surface area contributed by atoms with Crippen LogP contribution < -0.4 is 5.46 Å². The highest BCUT2D eigenvalue weighted by atomic mass is 19.1. The van der Waals surface area contributed by atoms with E-state index in [-0.39, 0.29) is 17.1 Å². The first kappa shape index (κ1) is 26.4. The Hall–Kier alpha value is -2.20. The molecule has 2 heterocycles. The van der Waals surface area contributed by atoms with Crippen LogP contribution in [0.15, 0.2) is 12.1 Å². The van der Waals surface area contributed by atoms with Gasteiger partial charge in [0.2, 0.25) is 0 Å². The highest BCUT2D eigenvalue weighted by Gasteiger charge is 2.52. The predicted molar refractivity (Wildman–Crippen MR) is 125 cm³/mol. The van der Waals surface area contributed by atoms with E-state index in [0.29, 0.717) is 25.9 Å². The van der Waals surface area contributed by atoms with E-state index < -0.39 is 47.6 Å². The molecule has 0 spiro atoms. The van der Waals surface area contributed by atoms with E-state index in [2.05, 4.69) is 0 Å². The highest BCUT2D eigenvalue weighted by Crippen LogP contribution is 2.36. The maximum atomic E-state index is 15.0. The van der Waals surface area contributed by atoms with Crippen LogP contribution in [0.1, 0.15) is 71.7 Å². The van der Waals surface area contributed by atoms with Gasteiger partial charge in [0.25, 0.3) is 5.91 Å². The van der Waals surface area contributed by atoms with Gasteiger partial charge in [0.15, 0.2) is 0 Å². The molecule has 3 rings (SSSR count). The Morgan fingerprint density at radius 3 is 2.09 bits per heavy atom. The van der Waals surface area contributed by atoms with Crippen molar-refractivity contribution in [2.75, 3.05) is 20.1 Å². The molecule has 7 nitrogen and oxygen atoms in total. The Balaban J connectivity index is 1.68. The van der Waals surface area contributed by atoms with Gasteiger partial charge >= 0.3 is 13.2 Å². The van der Waals surface area contributed by atoms with Crippen molar-refractivity contribution in [1.82, 2.24) is 9.80 Å². The fraction of sp³-hybridized carbons (Fsp3) is 0.667. The molecule has 0 atom stereocenters. The molecular formula is C24H35BF2N2O5. The SMILES string of the molecule is CN(C(=O)c1cc(F)c(B2OC(C)(C)C(C)(C)O2)cc1F)C1CCN(C(=O)OC(C)(C)C)CC1. The molecule has 1 aromatic rings. The van der Waals surface area contributed by atoms with Gasteiger partial charge in [-0.1, -0.05) is 0 Å². The Bertz CT molecular complexity index is 939. The number of amides is 2. The molecule has 0 saturated carbocycles. The molecule has 2 aliphatic rings. The average molecular weight is 480 g/mol. The molecule has 0 aliphatic carbocycles. The molecule has 34 heavy (non-hydrogen) atoms. The van der Waals surface area contributed by atoms with Gasteiger partial charge in [0.1, 0.15) is 17.2 Å². The minimum Gasteiger partial charge on any atom is -0.444 e. The van der Waals surface area contributed by atoms with E-state index in [4.69, 9.17) is 14.0 Å². The van der Waals surface area contributed by atoms with Crippen molar-refractivity contribution in [1.29, 1.82) is 0 Å². The van der Waals surface area contributed by atoms with Crippen molar-refractivity contribution in [3.05, 3.63) is 29.3 Å². The van der Waals surface area contributed by atoms with Gasteiger partial charge in [-0.05, 0) is 73.4 Å². The van der Waals surface area contributed by atoms with E-state index in [9.17, 15) is 18.4 Å². The van der Waals surface area contributed by atoms with Crippen LogP contribution in [0, 0.1) is 11.6 Å². The van der Waals surface area contributed by atoms with Crippen LogP contribution in [-0.4, -0.2) is 71.9 Å². The summed E-state index contributed by atoms with van der Waals surface area (Å²) in [4.78, 5) is 28.3. The first-order valence-electron chi connectivity index (χ1n) is 11.6. The maximum Gasteiger partial charge on any atom is 0.497 e. The second-order valence-corrected chi connectivity index (χ2v) is 11.1. The fourth-order valence-corrected chi connectivity index (χ4v) is 3.99. The first-order valence-corrected chi connectivity index (χ1v) is 11.6. The number of carbonyl (C=O) groups is 2. The molecule has 2 amide bonds. The molecule has 1 aromatic carbocycles. The van der Waals surface area contributed by atoms with Gasteiger partial charge in [-0.2, -0.15) is 0 Å². The number of likely N-dealkylation sites (tertiary alicyclic amines) is 1. The largest absolute Gasteiger partial charge is 0.497 e. The summed E-state index contributed by atoms with van der Waals surface area (Å²) in [7, 11) is 0.494. The van der Waals surface area contributed by atoms with Crippen LogP contribution in [0.3, 0.4) is 0 Å². The number of nitrogens with zero attached hydrogens (tertiary/aromatic N) is 2. The van der Waals surface area contributed by atoms with Crippen molar-refractivity contribution in [2.45, 2.75) is 84.2 Å². The summed E-state index contributed by atoms with van der Waals surface area (Å²) in [5, 5.41) is 0. The first-order chi connectivity index (χ1) is 15.5. The summed E-state index contributed by atoms with van der Waals surface area (Å²) in [6.45, 7) is 13.5. The zero-order valence-electron chi connectivity index (χ0n) is 21.3. The van der Waals surface area contributed by atoms with Crippen molar-refractivity contribution in [3.63, 3.8) is 0 Å². The third kappa shape index (κ3) is 5.38. The lowest BCUT2D eigenvalue weighted by Gasteiger charge is -2.37. The van der Waals surface area contributed by atoms with Crippen molar-refractivity contribution in [2.24, 2.45) is 0 Å². The Morgan fingerprint density at radius 1 is 1.06 bits per heavy atom. The lowest BCUT2D eigenvalue weighted by atomic mass is 9.78. The van der Waals surface area contributed by atoms with E-state index in [0.717, 1.165) is 12.1 Å². The molecule has 2 fully saturated rings. The van der Waals surface area contributed by atoms with Crippen molar-refractivity contribution >= 4 is 24.6 Å². The summed E-state index contributed by atoms with van der Waals surface area (Å²) in [6.07, 6.45) is 0.626. The minimum atomic E-state index is -1.07. The average Bonchev–Trinajstić information content (AvgIpc) is 2.94. The molecule has 10 heteroatoms. The zero-order chi connectivity index (χ0) is 25.6. The van der Waals surface area contributed by atoms with E-state index in [1.54, 1.807) is 32.7 Å². The Morgan fingerprint density at radius 2 is 1.59 bits per heavy atom. The van der Waals surface area contributed by atoms with Gasteiger partial charge in [-0.15, -0.1) is 0 Å². The van der Waals surface area contributed by atoms with Gasteiger partial charge < -0.3 is 23.8 Å². The zero-order valence-corrected chi connectivity index (χ0v) is 21.3. The predicted octanol–water partition coefficient (Wildman–Crippen LogP) is 3.74. The summed E-state index contributed by atoms with van der Waals surface area (Å²) < 4.78 is 47.0. The summed E-state index contributed by atoms with van der Waals surface area (Å²) >= 11 is 0. The summed E-state index contributed by atoms with van der Waals surface area (Å²) in [5.41, 5.74) is -2.43. The maximum absolute atomic E-state index is 15.0. The molecule has 2 saturated heterocycles. The normalized spacial score (nSPS) is 20.4. The van der Waals surface area contributed by atoms with Crippen LogP contribution >= 0.6 is 0 Å². The molecule has 0 radical (unpaired) electrons. The number of rotatable bonds is 3. The molecule has 0 aromatic heterocycles. The van der Waals surface area contributed by atoms with Gasteiger partial charge in [-0.25, -0.2) is 13.6 Å². The standard InChI is InChI=1S/C24H35BF2N2O5/c1-22(2,3)32-21(31)29-11-9-15(10-12-29)28(8)20(30)16-13-19(27)17(14-18(16)26)25-33-23(4,5)24(6,7)34-25/h13-15H,9-12H2,1-8H3. The fourth-order valence-electron chi connectivity index (χ4n) is 3.99. The number of halogens is 2. The highest BCUT2D eigenvalue weighted by molar-refractivity contribution is 6.62. The number of hydrogen-bond donors (Lipinski definition) is 0. The number of hydrogen-bond acceptors (Lipinski definition) is 5. The number of carbonyl (C=O) groups excluding carboxylic acids is 2. The molecule has 0 unspecified atom stereocenters. The van der Waals surface area contributed by atoms with E-state index >= 15 is 0 Å². The number of piperidine rings is 1. The summed E-state index contributed by atoms with van der Waals surface area (Å²) in [5.74, 6) is -2.22. The van der Waals surface area contributed by atoms with Crippen LogP contribution in [0.5, 0.6) is 0 Å². The number of benzene rings is 1. The lowest BCUT2D eigenvalue weighted by molar-refractivity contribution is 0.00578. The smallest absolute Gasteiger partial charge is 0.444 e.